The molecule has 0 radical (unpaired) electrons. The fourth-order valence-corrected chi connectivity index (χ4v) is 3.55. The van der Waals surface area contributed by atoms with Crippen molar-refractivity contribution in [1.82, 2.24) is 0 Å². The molecule has 0 aromatic heterocycles. The predicted octanol–water partition coefficient (Wildman–Crippen LogP) is 2.92. The lowest BCUT2D eigenvalue weighted by Crippen LogP contribution is -2.27. The summed E-state index contributed by atoms with van der Waals surface area (Å²) >= 11 is 0. The molecule has 0 heterocycles. The number of nitrogens with zero attached hydrogens (tertiary/aromatic N) is 1. The van der Waals surface area contributed by atoms with Crippen molar-refractivity contribution in [2.75, 3.05) is 0 Å². The Kier molecular flexibility index (Phi) is 5.88. The summed E-state index contributed by atoms with van der Waals surface area (Å²) < 4.78 is 55.5. The van der Waals surface area contributed by atoms with Gasteiger partial charge in [0.05, 0.1) is 9.82 Å². The van der Waals surface area contributed by atoms with Crippen LogP contribution in [0.5, 0.6) is 5.75 Å². The third kappa shape index (κ3) is 4.33. The monoisotopic (exact) mass is 387 g/mol. The lowest BCUT2D eigenvalue weighted by atomic mass is 10.1. The van der Waals surface area contributed by atoms with Crippen LogP contribution < -0.4 is 0 Å². The summed E-state index contributed by atoms with van der Waals surface area (Å²) in [5.74, 6) is -3.72. The van der Waals surface area contributed by atoms with Gasteiger partial charge in [0.25, 0.3) is 0 Å². The normalized spacial score (nSPS) is 12.7. The van der Waals surface area contributed by atoms with Gasteiger partial charge in [-0.05, 0) is 36.6 Å². The molecule has 1 unspecified atom stereocenters. The van der Waals surface area contributed by atoms with E-state index < -0.39 is 45.1 Å². The molecule has 0 aliphatic carbocycles. The summed E-state index contributed by atoms with van der Waals surface area (Å²) in [5.41, 5.74) is 0.250. The second-order valence-electron chi connectivity index (χ2n) is 5.46. The Balaban J connectivity index is 2.19. The summed E-state index contributed by atoms with van der Waals surface area (Å²) in [4.78, 5) is 10.00. The van der Waals surface area contributed by atoms with Crippen molar-refractivity contribution < 1.29 is 31.4 Å². The average molecular weight is 387 g/mol. The Morgan fingerprint density at radius 1 is 1.23 bits per heavy atom. The zero-order valence-electron chi connectivity index (χ0n) is 13.6. The molecule has 140 valence electrons. The predicted molar refractivity (Wildman–Crippen MR) is 86.6 cm³/mol. The molecule has 0 spiro atoms. The molecule has 1 atom stereocenters. The standard InChI is InChI=1S/C16H15F2NO6S/c1-10-4-2-3-5-13(10)26(23,24)25-14(19(21)22)9-7-11-6-8-12(17)15(18)16(11)20/h2-6,8,14,20H,7,9H2,1H3. The minimum atomic E-state index is -4.40. The third-order valence-electron chi connectivity index (χ3n) is 3.65. The van der Waals surface area contributed by atoms with Crippen molar-refractivity contribution in [3.8, 4) is 5.75 Å². The van der Waals surface area contributed by atoms with Gasteiger partial charge in [0.15, 0.2) is 11.6 Å². The quantitative estimate of drug-likeness (QED) is 0.339. The van der Waals surface area contributed by atoms with Gasteiger partial charge in [0.1, 0.15) is 0 Å². The number of nitro groups is 1. The van der Waals surface area contributed by atoms with Gasteiger partial charge in [-0.15, -0.1) is 0 Å². The van der Waals surface area contributed by atoms with E-state index in [4.69, 9.17) is 4.18 Å². The highest BCUT2D eigenvalue weighted by atomic mass is 32.2. The molecule has 0 aliphatic rings. The van der Waals surface area contributed by atoms with Crippen LogP contribution >= 0.6 is 0 Å². The molecular formula is C16H15F2NO6S. The van der Waals surface area contributed by atoms with Gasteiger partial charge >= 0.3 is 16.3 Å². The lowest BCUT2D eigenvalue weighted by molar-refractivity contribution is -0.563. The number of aryl methyl sites for hydroxylation is 2. The summed E-state index contributed by atoms with van der Waals surface area (Å²) in [6.45, 7) is 1.51. The second-order valence-corrected chi connectivity index (χ2v) is 7.00. The topological polar surface area (TPSA) is 107 Å². The Morgan fingerprint density at radius 2 is 1.88 bits per heavy atom. The van der Waals surface area contributed by atoms with Crippen molar-refractivity contribution in [3.63, 3.8) is 0 Å². The first-order chi connectivity index (χ1) is 12.1. The number of hydrogen-bond acceptors (Lipinski definition) is 6. The molecule has 0 aliphatic heterocycles. The zero-order valence-corrected chi connectivity index (χ0v) is 14.4. The van der Waals surface area contributed by atoms with Gasteiger partial charge in [-0.2, -0.15) is 17.0 Å². The minimum absolute atomic E-state index is 0.104. The number of benzene rings is 2. The van der Waals surface area contributed by atoms with Crippen molar-refractivity contribution in [2.24, 2.45) is 0 Å². The van der Waals surface area contributed by atoms with Crippen molar-refractivity contribution in [2.45, 2.75) is 30.9 Å². The van der Waals surface area contributed by atoms with E-state index in [1.807, 2.05) is 0 Å². The molecule has 2 rings (SSSR count). The number of phenolic OH excluding ortho intramolecular Hbond substituents is 1. The Labute approximate surface area is 148 Å². The number of phenols is 1. The first-order valence-corrected chi connectivity index (χ1v) is 8.82. The van der Waals surface area contributed by atoms with Crippen LogP contribution in [-0.4, -0.2) is 24.7 Å². The fourth-order valence-electron chi connectivity index (χ4n) is 2.28. The molecular weight excluding hydrogens is 372 g/mol. The van der Waals surface area contributed by atoms with E-state index in [9.17, 15) is 32.4 Å². The molecule has 0 saturated heterocycles. The van der Waals surface area contributed by atoms with Gasteiger partial charge < -0.3 is 5.11 Å². The van der Waals surface area contributed by atoms with Gasteiger partial charge in [-0.25, -0.2) is 4.39 Å². The SMILES string of the molecule is Cc1ccccc1S(=O)(=O)OC(CCc1ccc(F)c(F)c1O)[N+](=O)[O-]. The van der Waals surface area contributed by atoms with Crippen LogP contribution in [0.3, 0.4) is 0 Å². The molecule has 26 heavy (non-hydrogen) atoms. The van der Waals surface area contributed by atoms with E-state index in [0.717, 1.165) is 12.1 Å². The number of halogens is 2. The highest BCUT2D eigenvalue weighted by Crippen LogP contribution is 2.26. The second kappa shape index (κ2) is 7.75. The summed E-state index contributed by atoms with van der Waals surface area (Å²) in [6, 6.07) is 7.63. The molecule has 1 N–H and O–H groups in total. The highest BCUT2D eigenvalue weighted by Gasteiger charge is 2.31. The summed E-state index contributed by atoms with van der Waals surface area (Å²) in [5, 5.41) is 20.7. The summed E-state index contributed by atoms with van der Waals surface area (Å²) in [7, 11) is -4.40. The Bertz CT molecular complexity index is 932. The van der Waals surface area contributed by atoms with Gasteiger partial charge in [0.2, 0.25) is 5.82 Å². The molecule has 0 bridgehead atoms. The molecule has 2 aromatic rings. The van der Waals surface area contributed by atoms with E-state index in [1.54, 1.807) is 6.07 Å². The van der Waals surface area contributed by atoms with E-state index in [-0.39, 0.29) is 16.9 Å². The lowest BCUT2D eigenvalue weighted by Gasteiger charge is -2.13. The molecule has 7 nitrogen and oxygen atoms in total. The number of hydrogen-bond donors (Lipinski definition) is 1. The van der Waals surface area contributed by atoms with Crippen molar-refractivity contribution in [3.05, 3.63) is 69.3 Å². The van der Waals surface area contributed by atoms with E-state index in [2.05, 4.69) is 0 Å². The van der Waals surface area contributed by atoms with Crippen LogP contribution in [0.15, 0.2) is 41.3 Å². The molecule has 2 aromatic carbocycles. The highest BCUT2D eigenvalue weighted by molar-refractivity contribution is 7.86. The van der Waals surface area contributed by atoms with Crippen LogP contribution in [-0.2, 0) is 20.7 Å². The largest absolute Gasteiger partial charge is 0.505 e. The van der Waals surface area contributed by atoms with Gasteiger partial charge in [-0.1, -0.05) is 24.3 Å². The van der Waals surface area contributed by atoms with Crippen molar-refractivity contribution in [1.29, 1.82) is 0 Å². The first kappa shape index (κ1) is 19.7. The van der Waals surface area contributed by atoms with Crippen LogP contribution in [0.25, 0.3) is 0 Å². The van der Waals surface area contributed by atoms with Crippen LogP contribution in [0.1, 0.15) is 17.5 Å². The third-order valence-corrected chi connectivity index (χ3v) is 5.12. The average Bonchev–Trinajstić information content (AvgIpc) is 2.58. The molecule has 0 fully saturated rings. The van der Waals surface area contributed by atoms with Crippen LogP contribution in [0, 0.1) is 28.7 Å². The molecule has 10 heteroatoms. The Hall–Kier alpha value is -2.59. The first-order valence-electron chi connectivity index (χ1n) is 7.41. The zero-order chi connectivity index (χ0) is 19.5. The van der Waals surface area contributed by atoms with Crippen LogP contribution in [0.4, 0.5) is 8.78 Å². The van der Waals surface area contributed by atoms with Crippen molar-refractivity contribution >= 4 is 10.1 Å². The maximum absolute atomic E-state index is 13.3. The minimum Gasteiger partial charge on any atom is -0.505 e. The Morgan fingerprint density at radius 3 is 2.50 bits per heavy atom. The van der Waals surface area contributed by atoms with E-state index in [1.165, 1.54) is 25.1 Å². The van der Waals surface area contributed by atoms with E-state index in [0.29, 0.717) is 5.56 Å². The van der Waals surface area contributed by atoms with Crippen LogP contribution in [0.2, 0.25) is 0 Å². The smallest absolute Gasteiger partial charge is 0.330 e. The maximum Gasteiger partial charge on any atom is 0.330 e. The maximum atomic E-state index is 13.3. The summed E-state index contributed by atoms with van der Waals surface area (Å²) in [6.07, 6.45) is -2.72. The number of rotatable bonds is 7. The fraction of sp³-hybridized carbons (Fsp3) is 0.250. The molecule has 0 amide bonds. The van der Waals surface area contributed by atoms with Gasteiger partial charge in [0, 0.05) is 6.42 Å². The van der Waals surface area contributed by atoms with E-state index >= 15 is 0 Å². The van der Waals surface area contributed by atoms with Gasteiger partial charge in [-0.3, -0.25) is 10.1 Å². The number of aromatic hydroxyl groups is 1. The molecule has 0 saturated carbocycles.